The lowest BCUT2D eigenvalue weighted by molar-refractivity contribution is -0.197. The molecule has 2 aromatic carbocycles. The molecule has 0 aliphatic carbocycles. The molecule has 3 amide bonds. The zero-order chi connectivity index (χ0) is 51.9. The molecule has 70 heavy (non-hydrogen) atoms. The van der Waals surface area contributed by atoms with Gasteiger partial charge in [-0.05, 0) is 80.1 Å². The molecule has 384 valence electrons. The summed E-state index contributed by atoms with van der Waals surface area (Å²) in [5.74, 6) is -3.99. The normalized spacial score (nSPS) is 12.4. The van der Waals surface area contributed by atoms with E-state index in [0.717, 1.165) is 75.3 Å². The van der Waals surface area contributed by atoms with Gasteiger partial charge in [-0.3, -0.25) is 33.6 Å². The number of unbranched alkanes of at least 4 members (excludes halogenated alkanes) is 8. The number of rotatable bonds is 34. The maximum Gasteiger partial charge on any atom is 0.333 e. The van der Waals surface area contributed by atoms with Crippen molar-refractivity contribution in [2.45, 2.75) is 142 Å². The van der Waals surface area contributed by atoms with Gasteiger partial charge in [-0.1, -0.05) is 97.3 Å². The van der Waals surface area contributed by atoms with Crippen LogP contribution in [0.1, 0.15) is 160 Å². The van der Waals surface area contributed by atoms with E-state index < -0.39 is 35.6 Å². The average molecular weight is 978 g/mol. The van der Waals surface area contributed by atoms with E-state index in [1.807, 2.05) is 0 Å². The molecule has 2 aromatic rings. The minimum absolute atomic E-state index is 0.00510. The number of ketones is 2. The number of azide groups is 2. The number of nitrogens with zero attached hydrogens (tertiary/aromatic N) is 7. The van der Waals surface area contributed by atoms with E-state index in [9.17, 15) is 38.4 Å². The first-order valence-electron chi connectivity index (χ1n) is 23.9. The number of hydrogen-bond acceptors (Lipinski definition) is 14. The van der Waals surface area contributed by atoms with Gasteiger partial charge >= 0.3 is 17.9 Å². The molecule has 1 aliphatic heterocycles. The lowest BCUT2D eigenvalue weighted by Gasteiger charge is -2.12. The molecule has 0 radical (unpaired) electrons. The Balaban J connectivity index is 0.000000579. The first kappa shape index (κ1) is 61.3. The minimum Gasteiger partial charge on any atom is -0.481 e. The number of Topliss-reactive ketones (excluding diaryl/α,β-unsaturated/α-hetero) is 2. The fourth-order valence-corrected chi connectivity index (χ4v) is 6.80. The lowest BCUT2D eigenvalue weighted by Crippen LogP contribution is -2.31. The number of amides is 3. The molecular formula is C48H71N11O11. The third kappa shape index (κ3) is 28.0. The molecule has 0 saturated carbocycles. The second kappa shape index (κ2) is 38.2. The summed E-state index contributed by atoms with van der Waals surface area (Å²) in [5, 5.41) is 27.8. The SMILES string of the molecule is NCCCC[C@H](CN)C(=O)O.[N-]=[N+]=NCc1ccc(C(=O)CCCCCCC(=O)NCCCC[C@H](CN)C(=O)O)cc1.[N-]=[N+]=NCc1ccc(C(=O)CCCCCCC(=O)ON2C(=O)CCC2=O)cc1. The van der Waals surface area contributed by atoms with Gasteiger partial charge in [0.1, 0.15) is 0 Å². The number of aliphatic carboxylic acids is 2. The van der Waals surface area contributed by atoms with Crippen LogP contribution in [-0.4, -0.2) is 88.7 Å². The van der Waals surface area contributed by atoms with Gasteiger partial charge in [0.05, 0.1) is 24.9 Å². The number of imide groups is 1. The van der Waals surface area contributed by atoms with Crippen LogP contribution >= 0.6 is 0 Å². The number of carboxylic acid groups (broad SMARTS) is 2. The van der Waals surface area contributed by atoms with Gasteiger partial charge < -0.3 is 37.6 Å². The molecule has 0 spiro atoms. The number of hydrogen-bond donors (Lipinski definition) is 6. The van der Waals surface area contributed by atoms with Crippen LogP contribution in [0.2, 0.25) is 0 Å². The Hall–Kier alpha value is -6.70. The quantitative estimate of drug-likeness (QED) is 0.00996. The standard InChI is InChI=1S/C22H33N5O4.C19H22N4O5.C7H16N2O2/c23-15-19(22(30)31)7-5-6-14-25-21(29)9-4-2-1-3-8-20(28)18-12-10-17(11-13-18)16-26-27-24;20-22-21-13-14-7-9-15(10-8-14)16(24)5-3-1-2-4-6-19(27)28-23-17(25)11-12-18(23)26;8-4-2-1-3-6(5-9)7(10)11/h10-13,19H,1-9,14-16,23H2,(H,25,29)(H,30,31);7-10H,1-6,11-13H2;6H,1-5,8-9H2,(H,10,11)/t19-;;6-/m1.1/s1. The van der Waals surface area contributed by atoms with Crippen LogP contribution in [0.3, 0.4) is 0 Å². The predicted octanol–water partition coefficient (Wildman–Crippen LogP) is 7.37. The van der Waals surface area contributed by atoms with Gasteiger partial charge in [0.2, 0.25) is 5.91 Å². The van der Waals surface area contributed by atoms with Crippen LogP contribution < -0.4 is 22.5 Å². The number of benzene rings is 2. The van der Waals surface area contributed by atoms with Crippen molar-refractivity contribution in [3.05, 3.63) is 91.7 Å². The zero-order valence-corrected chi connectivity index (χ0v) is 40.1. The Morgan fingerprint density at radius 2 is 1.01 bits per heavy atom. The second-order valence-electron chi connectivity index (χ2n) is 16.6. The van der Waals surface area contributed by atoms with Crippen LogP contribution in [0.25, 0.3) is 20.9 Å². The maximum absolute atomic E-state index is 12.2. The Kier molecular flexibility index (Phi) is 33.4. The summed E-state index contributed by atoms with van der Waals surface area (Å²) in [4.78, 5) is 102. The lowest BCUT2D eigenvalue weighted by atomic mass is 10.0. The number of hydroxylamine groups is 2. The topological polar surface area (TPSA) is 377 Å². The van der Waals surface area contributed by atoms with E-state index >= 15 is 0 Å². The van der Waals surface area contributed by atoms with Crippen molar-refractivity contribution < 1.29 is 53.4 Å². The van der Waals surface area contributed by atoms with Crippen molar-refractivity contribution >= 4 is 47.2 Å². The number of carbonyl (C=O) groups excluding carboxylic acids is 6. The van der Waals surface area contributed by atoms with Crippen LogP contribution in [0.15, 0.2) is 58.8 Å². The van der Waals surface area contributed by atoms with E-state index in [1.165, 1.54) is 0 Å². The molecule has 22 nitrogen and oxygen atoms in total. The zero-order valence-electron chi connectivity index (χ0n) is 40.1. The van der Waals surface area contributed by atoms with Crippen molar-refractivity contribution in [3.63, 3.8) is 0 Å². The largest absolute Gasteiger partial charge is 0.481 e. The van der Waals surface area contributed by atoms with Crippen LogP contribution in [0, 0.1) is 11.8 Å². The van der Waals surface area contributed by atoms with Gasteiger partial charge in [0.25, 0.3) is 11.8 Å². The van der Waals surface area contributed by atoms with E-state index in [-0.39, 0.29) is 68.8 Å². The monoisotopic (exact) mass is 978 g/mol. The molecule has 0 bridgehead atoms. The maximum atomic E-state index is 12.2. The van der Waals surface area contributed by atoms with Gasteiger partial charge in [0.15, 0.2) is 11.6 Å². The molecule has 0 aromatic heterocycles. The van der Waals surface area contributed by atoms with Crippen molar-refractivity contribution in [1.29, 1.82) is 0 Å². The number of nitrogens with one attached hydrogen (secondary N) is 1. The van der Waals surface area contributed by atoms with Crippen LogP contribution in [0.5, 0.6) is 0 Å². The highest BCUT2D eigenvalue weighted by molar-refractivity contribution is 6.01. The van der Waals surface area contributed by atoms with E-state index in [2.05, 4.69) is 25.4 Å². The first-order valence-corrected chi connectivity index (χ1v) is 23.9. The van der Waals surface area contributed by atoms with Gasteiger partial charge in [0, 0.05) is 79.1 Å². The highest BCUT2D eigenvalue weighted by Gasteiger charge is 2.32. The molecule has 1 heterocycles. The highest BCUT2D eigenvalue weighted by Crippen LogP contribution is 2.16. The Morgan fingerprint density at radius 1 is 0.600 bits per heavy atom. The molecule has 1 saturated heterocycles. The third-order valence-electron chi connectivity index (χ3n) is 11.1. The number of carbonyl (C=O) groups is 8. The summed E-state index contributed by atoms with van der Waals surface area (Å²) >= 11 is 0. The van der Waals surface area contributed by atoms with Crippen molar-refractivity contribution in [1.82, 2.24) is 10.4 Å². The van der Waals surface area contributed by atoms with Gasteiger partial charge in [-0.15, -0.1) is 5.06 Å². The second-order valence-corrected chi connectivity index (χ2v) is 16.6. The van der Waals surface area contributed by atoms with Crippen LogP contribution in [0.4, 0.5) is 0 Å². The Morgan fingerprint density at radius 3 is 1.41 bits per heavy atom. The number of carboxylic acids is 2. The minimum atomic E-state index is -0.867. The highest BCUT2D eigenvalue weighted by atomic mass is 16.7. The molecule has 2 atom stereocenters. The molecule has 0 unspecified atom stereocenters. The first-order chi connectivity index (χ1) is 33.7. The summed E-state index contributed by atoms with van der Waals surface area (Å²) in [6.45, 7) is 2.06. The van der Waals surface area contributed by atoms with Crippen molar-refractivity contribution in [2.24, 2.45) is 39.3 Å². The van der Waals surface area contributed by atoms with E-state index in [0.29, 0.717) is 74.2 Å². The van der Waals surface area contributed by atoms with Gasteiger partial charge in [-0.25, -0.2) is 4.79 Å². The molecule has 3 rings (SSSR count). The summed E-state index contributed by atoms with van der Waals surface area (Å²) in [6, 6.07) is 14.1. The van der Waals surface area contributed by atoms with E-state index in [4.69, 9.17) is 43.3 Å². The number of nitrogens with two attached hydrogens (primary N) is 3. The van der Waals surface area contributed by atoms with E-state index in [1.54, 1.807) is 48.5 Å². The van der Waals surface area contributed by atoms with Crippen molar-refractivity contribution in [2.75, 3.05) is 26.2 Å². The summed E-state index contributed by atoms with van der Waals surface area (Å²) in [5.41, 5.74) is 35.5. The van der Waals surface area contributed by atoms with Crippen LogP contribution in [-0.2, 0) is 46.7 Å². The molecule has 1 fully saturated rings. The summed E-state index contributed by atoms with van der Waals surface area (Å²) in [7, 11) is 0. The smallest absolute Gasteiger partial charge is 0.333 e. The van der Waals surface area contributed by atoms with Gasteiger partial charge in [-0.2, -0.15) is 0 Å². The molecule has 22 heteroatoms. The summed E-state index contributed by atoms with van der Waals surface area (Å²) < 4.78 is 0. The third-order valence-corrected chi connectivity index (χ3v) is 11.1. The molecule has 9 N–H and O–H groups in total. The fraction of sp³-hybridized carbons (Fsp3) is 0.583. The average Bonchev–Trinajstić information content (AvgIpc) is 3.67. The fourth-order valence-electron chi connectivity index (χ4n) is 6.80. The Labute approximate surface area is 408 Å². The molecule has 1 aliphatic rings. The predicted molar refractivity (Wildman–Crippen MR) is 260 cm³/mol. The molecular weight excluding hydrogens is 907 g/mol. The summed E-state index contributed by atoms with van der Waals surface area (Å²) in [6.07, 6.45) is 12.1. The van der Waals surface area contributed by atoms with Crippen molar-refractivity contribution in [3.8, 4) is 0 Å². The Bertz CT molecular complexity index is 2020.